The zero-order valence-electron chi connectivity index (χ0n) is 19.5. The molecule has 0 radical (unpaired) electrons. The molecule has 0 amide bonds. The highest BCUT2D eigenvalue weighted by Crippen LogP contribution is 2.62. The fourth-order valence-corrected chi connectivity index (χ4v) is 6.54. The summed E-state index contributed by atoms with van der Waals surface area (Å²) in [6, 6.07) is 5.07. The fourth-order valence-electron chi connectivity index (χ4n) is 6.54. The monoisotopic (exact) mass is 510 g/mol. The van der Waals surface area contributed by atoms with Gasteiger partial charge >= 0.3 is 12.4 Å². The summed E-state index contributed by atoms with van der Waals surface area (Å²) in [7, 11) is 0. The Bertz CT molecular complexity index is 925. The van der Waals surface area contributed by atoms with Gasteiger partial charge in [-0.25, -0.2) is 9.78 Å². The van der Waals surface area contributed by atoms with Crippen molar-refractivity contribution in [3.05, 3.63) is 35.9 Å². The SMILES string of the molecule is C[C@@H]1CC[C@H]2[C@@H](C)C(OC(c3ccccc3)(C(F)(F)F)C(F)(F)F)O[C@@H]3O[C@]4(C)CC[C@@H]1[C@]32OO4. The van der Waals surface area contributed by atoms with Crippen molar-refractivity contribution in [3.8, 4) is 0 Å². The summed E-state index contributed by atoms with van der Waals surface area (Å²) in [4.78, 5) is 11.5. The van der Waals surface area contributed by atoms with E-state index in [1.54, 1.807) is 6.92 Å². The van der Waals surface area contributed by atoms with Crippen LogP contribution in [-0.4, -0.2) is 36.3 Å². The van der Waals surface area contributed by atoms with Crippen LogP contribution < -0.4 is 0 Å². The maximum atomic E-state index is 14.4. The second-order valence-corrected chi connectivity index (χ2v) is 10.4. The third kappa shape index (κ3) is 3.56. The minimum Gasteiger partial charge on any atom is -0.324 e. The Balaban J connectivity index is 1.58. The molecule has 1 spiro atoms. The lowest BCUT2D eigenvalue weighted by Crippen LogP contribution is -2.71. The molecule has 0 N–H and O–H groups in total. The molecule has 1 aromatic rings. The standard InChI is InChI=1S/C24H28F6O5/c1-13-9-10-17-14(2)18(31-19-21(17)16(13)11-12-20(3,33-19)34-35-21)32-22(23(25,26)27,24(28,29)30)15-7-5-4-6-8-15/h4-8,13-14,16-19H,9-12H2,1-3H3/t13-,14-,16+,17+,18?,19-,20+,21-/m1/s1. The van der Waals surface area contributed by atoms with Gasteiger partial charge in [-0.05, 0) is 38.0 Å². The predicted molar refractivity (Wildman–Crippen MR) is 108 cm³/mol. The van der Waals surface area contributed by atoms with Gasteiger partial charge in [-0.1, -0.05) is 44.2 Å². The first-order chi connectivity index (χ1) is 16.3. The summed E-state index contributed by atoms with van der Waals surface area (Å²) in [5.41, 5.74) is -6.79. The van der Waals surface area contributed by atoms with E-state index in [0.29, 0.717) is 19.3 Å². The van der Waals surface area contributed by atoms with Crippen molar-refractivity contribution < 1.29 is 50.3 Å². The van der Waals surface area contributed by atoms with E-state index >= 15 is 0 Å². The zero-order valence-corrected chi connectivity index (χ0v) is 19.5. The van der Waals surface area contributed by atoms with Crippen LogP contribution in [0.1, 0.15) is 52.0 Å². The zero-order chi connectivity index (χ0) is 25.4. The van der Waals surface area contributed by atoms with Gasteiger partial charge in [0, 0.05) is 23.8 Å². The van der Waals surface area contributed by atoms with Crippen LogP contribution in [0, 0.1) is 23.7 Å². The van der Waals surface area contributed by atoms with E-state index in [9.17, 15) is 26.3 Å². The molecule has 4 aliphatic heterocycles. The van der Waals surface area contributed by atoms with Crippen LogP contribution in [0.15, 0.2) is 30.3 Å². The minimum atomic E-state index is -5.82. The van der Waals surface area contributed by atoms with Crippen molar-refractivity contribution in [3.63, 3.8) is 0 Å². The van der Waals surface area contributed by atoms with E-state index in [4.69, 9.17) is 24.0 Å². The molecule has 0 aromatic heterocycles. The van der Waals surface area contributed by atoms with Crippen molar-refractivity contribution in [2.24, 2.45) is 23.7 Å². The highest BCUT2D eigenvalue weighted by atomic mass is 19.4. The molecule has 6 rings (SSSR count). The molecule has 1 aliphatic carbocycles. The summed E-state index contributed by atoms with van der Waals surface area (Å²) >= 11 is 0. The van der Waals surface area contributed by atoms with Gasteiger partial charge in [0.15, 0.2) is 18.2 Å². The van der Waals surface area contributed by atoms with E-state index in [1.165, 1.54) is 13.0 Å². The highest BCUT2D eigenvalue weighted by Gasteiger charge is 2.76. The van der Waals surface area contributed by atoms with Crippen LogP contribution in [0.25, 0.3) is 0 Å². The predicted octanol–water partition coefficient (Wildman–Crippen LogP) is 6.23. The molecule has 1 saturated carbocycles. The molecular weight excluding hydrogens is 482 g/mol. The topological polar surface area (TPSA) is 46.2 Å². The Labute approximate surface area is 198 Å². The fraction of sp³-hybridized carbons (Fsp3) is 0.750. The van der Waals surface area contributed by atoms with Gasteiger partial charge in [0.25, 0.3) is 5.60 Å². The van der Waals surface area contributed by atoms with Crippen LogP contribution in [-0.2, 0) is 29.6 Å². The van der Waals surface area contributed by atoms with Gasteiger partial charge in [0.1, 0.15) is 0 Å². The lowest BCUT2D eigenvalue weighted by molar-refractivity contribution is -0.582. The Morgan fingerprint density at radius 3 is 2.17 bits per heavy atom. The number of rotatable bonds is 3. The van der Waals surface area contributed by atoms with Crippen LogP contribution in [0.5, 0.6) is 0 Å². The molecule has 35 heavy (non-hydrogen) atoms. The summed E-state index contributed by atoms with van der Waals surface area (Å²) in [5, 5.41) is 0. The van der Waals surface area contributed by atoms with Crippen LogP contribution in [0.3, 0.4) is 0 Å². The minimum absolute atomic E-state index is 0.0944. The number of halogens is 6. The first-order valence-corrected chi connectivity index (χ1v) is 11.8. The molecule has 5 aliphatic rings. The second-order valence-electron chi connectivity index (χ2n) is 10.4. The average Bonchev–Trinajstić information content (AvgIpc) is 3.00. The number of benzene rings is 1. The third-order valence-corrected chi connectivity index (χ3v) is 8.37. The van der Waals surface area contributed by atoms with Crippen molar-refractivity contribution in [1.29, 1.82) is 0 Å². The molecule has 5 nitrogen and oxygen atoms in total. The number of hydrogen-bond donors (Lipinski definition) is 0. The smallest absolute Gasteiger partial charge is 0.324 e. The van der Waals surface area contributed by atoms with Gasteiger partial charge in [-0.3, -0.25) is 0 Å². The quantitative estimate of drug-likeness (QED) is 0.356. The van der Waals surface area contributed by atoms with Crippen LogP contribution in [0.4, 0.5) is 26.3 Å². The lowest BCUT2D eigenvalue weighted by atomic mass is 9.58. The van der Waals surface area contributed by atoms with Gasteiger partial charge in [0.05, 0.1) is 0 Å². The maximum absolute atomic E-state index is 14.4. The van der Waals surface area contributed by atoms with E-state index in [-0.39, 0.29) is 11.8 Å². The third-order valence-electron chi connectivity index (χ3n) is 8.37. The van der Waals surface area contributed by atoms with Crippen molar-refractivity contribution >= 4 is 0 Å². The van der Waals surface area contributed by atoms with Gasteiger partial charge in [0.2, 0.25) is 5.79 Å². The molecule has 2 bridgehead atoms. The average molecular weight is 510 g/mol. The summed E-state index contributed by atoms with van der Waals surface area (Å²) < 4.78 is 103. The highest BCUT2D eigenvalue weighted by molar-refractivity contribution is 5.27. The number of fused-ring (bicyclic) bond motifs is 2. The molecular formula is C24H28F6O5. The Morgan fingerprint density at radius 2 is 1.54 bits per heavy atom. The Kier molecular flexibility index (Phi) is 5.81. The molecule has 4 saturated heterocycles. The summed E-state index contributed by atoms with van der Waals surface area (Å²) in [5.74, 6) is -2.51. The van der Waals surface area contributed by atoms with E-state index in [0.717, 1.165) is 30.7 Å². The summed E-state index contributed by atoms with van der Waals surface area (Å²) in [6.45, 7) is 5.21. The first kappa shape index (κ1) is 25.3. The van der Waals surface area contributed by atoms with Gasteiger partial charge < -0.3 is 14.2 Å². The lowest BCUT2D eigenvalue weighted by Gasteiger charge is -2.60. The Morgan fingerprint density at radius 1 is 0.886 bits per heavy atom. The van der Waals surface area contributed by atoms with E-state index < -0.39 is 59.3 Å². The number of ether oxygens (including phenoxy) is 3. The summed E-state index contributed by atoms with van der Waals surface area (Å²) in [6.07, 6.45) is -12.4. The normalized spacial score (nSPS) is 41.9. The van der Waals surface area contributed by atoms with E-state index in [2.05, 4.69) is 6.92 Å². The number of alkyl halides is 6. The molecule has 196 valence electrons. The molecule has 11 heteroatoms. The molecule has 5 fully saturated rings. The molecule has 1 unspecified atom stereocenters. The Hall–Kier alpha value is -1.40. The van der Waals surface area contributed by atoms with E-state index in [1.807, 2.05) is 0 Å². The van der Waals surface area contributed by atoms with Crippen LogP contribution >= 0.6 is 0 Å². The van der Waals surface area contributed by atoms with Gasteiger partial charge in [-0.15, -0.1) is 0 Å². The molecule has 4 heterocycles. The molecule has 1 aromatic carbocycles. The van der Waals surface area contributed by atoms with Crippen molar-refractivity contribution in [2.45, 2.75) is 88.4 Å². The largest absolute Gasteiger partial charge is 0.430 e. The maximum Gasteiger partial charge on any atom is 0.430 e. The second kappa shape index (κ2) is 8.05. The van der Waals surface area contributed by atoms with Crippen LogP contribution in [0.2, 0.25) is 0 Å². The van der Waals surface area contributed by atoms with Crippen molar-refractivity contribution in [2.75, 3.05) is 0 Å². The number of hydrogen-bond acceptors (Lipinski definition) is 5. The van der Waals surface area contributed by atoms with Crippen molar-refractivity contribution in [1.82, 2.24) is 0 Å². The molecule has 8 atom stereocenters. The van der Waals surface area contributed by atoms with Gasteiger partial charge in [-0.2, -0.15) is 26.3 Å². The first-order valence-electron chi connectivity index (χ1n) is 11.8.